The van der Waals surface area contributed by atoms with Gasteiger partial charge in [0.05, 0.1) is 0 Å². The lowest BCUT2D eigenvalue weighted by atomic mass is 10.1. The van der Waals surface area contributed by atoms with Crippen LogP contribution in [-0.2, 0) is 6.42 Å². The summed E-state index contributed by atoms with van der Waals surface area (Å²) in [6, 6.07) is 9.00. The third kappa shape index (κ3) is 7.14. The van der Waals surface area contributed by atoms with Crippen molar-refractivity contribution < 1.29 is 0 Å². The van der Waals surface area contributed by atoms with Crippen molar-refractivity contribution in [1.29, 1.82) is 0 Å². The molecule has 1 aromatic rings. The van der Waals surface area contributed by atoms with E-state index in [0.717, 1.165) is 24.0 Å². The van der Waals surface area contributed by atoms with Gasteiger partial charge in [0.15, 0.2) is 0 Å². The van der Waals surface area contributed by atoms with Gasteiger partial charge in [0, 0.05) is 22.6 Å². The molecule has 0 saturated heterocycles. The fourth-order valence-corrected chi connectivity index (χ4v) is 2.13. The average Bonchev–Trinajstić information content (AvgIpc) is 2.25. The number of nitrogens with one attached hydrogen (secondary N) is 2. The van der Waals surface area contributed by atoms with E-state index in [9.17, 15) is 0 Å². The van der Waals surface area contributed by atoms with Gasteiger partial charge in [-0.3, -0.25) is 0 Å². The van der Waals surface area contributed by atoms with Crippen LogP contribution in [0.15, 0.2) is 28.7 Å². The highest BCUT2D eigenvalue weighted by molar-refractivity contribution is 9.10. The average molecular weight is 313 g/mol. The fraction of sp³-hybridized carbons (Fsp3) is 0.600. The van der Waals surface area contributed by atoms with Gasteiger partial charge in [0.25, 0.3) is 0 Å². The van der Waals surface area contributed by atoms with Gasteiger partial charge in [-0.25, -0.2) is 0 Å². The molecule has 0 aromatic heterocycles. The Morgan fingerprint density at radius 2 is 2.00 bits per heavy atom. The first-order valence-corrected chi connectivity index (χ1v) is 7.39. The zero-order valence-electron chi connectivity index (χ0n) is 11.9. The van der Waals surface area contributed by atoms with E-state index in [0.29, 0.717) is 6.04 Å². The Bertz CT molecular complexity index is 358. The molecule has 1 unspecified atom stereocenters. The van der Waals surface area contributed by atoms with Crippen molar-refractivity contribution in [2.24, 2.45) is 0 Å². The zero-order valence-corrected chi connectivity index (χ0v) is 13.5. The van der Waals surface area contributed by atoms with Crippen LogP contribution in [0.2, 0.25) is 0 Å². The van der Waals surface area contributed by atoms with Gasteiger partial charge < -0.3 is 10.6 Å². The first kappa shape index (κ1) is 15.7. The minimum Gasteiger partial charge on any atom is -0.313 e. The molecule has 0 amide bonds. The summed E-state index contributed by atoms with van der Waals surface area (Å²) < 4.78 is 1.16. The molecule has 18 heavy (non-hydrogen) atoms. The summed E-state index contributed by atoms with van der Waals surface area (Å²) in [4.78, 5) is 0. The van der Waals surface area contributed by atoms with E-state index in [1.165, 1.54) is 5.56 Å². The van der Waals surface area contributed by atoms with Crippen LogP contribution < -0.4 is 10.6 Å². The Hall–Kier alpha value is -0.380. The van der Waals surface area contributed by atoms with Crippen LogP contribution in [0.3, 0.4) is 0 Å². The second kappa shape index (κ2) is 7.27. The number of halogens is 1. The third-order valence-electron chi connectivity index (χ3n) is 2.73. The van der Waals surface area contributed by atoms with Crippen LogP contribution in [0.4, 0.5) is 0 Å². The topological polar surface area (TPSA) is 24.1 Å². The van der Waals surface area contributed by atoms with Crippen molar-refractivity contribution in [3.05, 3.63) is 34.3 Å². The van der Waals surface area contributed by atoms with Crippen molar-refractivity contribution in [2.75, 3.05) is 13.1 Å². The van der Waals surface area contributed by atoms with Crippen molar-refractivity contribution in [3.8, 4) is 0 Å². The maximum atomic E-state index is 3.55. The molecule has 0 aliphatic carbocycles. The summed E-state index contributed by atoms with van der Waals surface area (Å²) in [5.41, 5.74) is 1.56. The second-order valence-corrected chi connectivity index (χ2v) is 6.78. The second-order valence-electron chi connectivity index (χ2n) is 5.87. The van der Waals surface area contributed by atoms with E-state index in [-0.39, 0.29) is 5.54 Å². The van der Waals surface area contributed by atoms with Crippen molar-refractivity contribution in [1.82, 2.24) is 10.6 Å². The summed E-state index contributed by atoms with van der Waals surface area (Å²) in [5, 5.41) is 7.05. The van der Waals surface area contributed by atoms with Crippen LogP contribution in [0.5, 0.6) is 0 Å². The lowest BCUT2D eigenvalue weighted by Crippen LogP contribution is -2.44. The quantitative estimate of drug-likeness (QED) is 0.841. The van der Waals surface area contributed by atoms with E-state index >= 15 is 0 Å². The molecule has 0 aliphatic rings. The number of rotatable bonds is 6. The van der Waals surface area contributed by atoms with Gasteiger partial charge in [-0.15, -0.1) is 0 Å². The Balaban J connectivity index is 2.21. The van der Waals surface area contributed by atoms with Crippen LogP contribution in [0, 0.1) is 0 Å². The van der Waals surface area contributed by atoms with Gasteiger partial charge in [-0.1, -0.05) is 28.1 Å². The van der Waals surface area contributed by atoms with Gasteiger partial charge >= 0.3 is 0 Å². The lowest BCUT2D eigenvalue weighted by Gasteiger charge is -2.24. The molecule has 0 fully saturated rings. The highest BCUT2D eigenvalue weighted by Gasteiger charge is 2.10. The molecule has 0 spiro atoms. The first-order valence-electron chi connectivity index (χ1n) is 6.60. The smallest absolute Gasteiger partial charge is 0.0178 e. The maximum absolute atomic E-state index is 3.55. The summed E-state index contributed by atoms with van der Waals surface area (Å²) in [6.07, 6.45) is 1.07. The Morgan fingerprint density at radius 3 is 2.61 bits per heavy atom. The van der Waals surface area contributed by atoms with E-state index in [2.05, 4.69) is 78.5 Å². The van der Waals surface area contributed by atoms with Gasteiger partial charge in [-0.05, 0) is 58.4 Å². The summed E-state index contributed by atoms with van der Waals surface area (Å²) in [5.74, 6) is 0. The molecule has 0 saturated carbocycles. The Kier molecular flexibility index (Phi) is 6.33. The van der Waals surface area contributed by atoms with Crippen LogP contribution >= 0.6 is 15.9 Å². The zero-order chi connectivity index (χ0) is 13.6. The van der Waals surface area contributed by atoms with Crippen molar-refractivity contribution in [2.45, 2.75) is 45.7 Å². The molecule has 0 radical (unpaired) electrons. The van der Waals surface area contributed by atoms with Crippen molar-refractivity contribution >= 4 is 15.9 Å². The fourth-order valence-electron chi connectivity index (χ4n) is 1.69. The van der Waals surface area contributed by atoms with Gasteiger partial charge in [0.2, 0.25) is 0 Å². The van der Waals surface area contributed by atoms with E-state index in [1.54, 1.807) is 0 Å². The molecule has 1 aromatic carbocycles. The predicted molar refractivity (Wildman–Crippen MR) is 83.1 cm³/mol. The largest absolute Gasteiger partial charge is 0.313 e. The molecule has 3 heteroatoms. The predicted octanol–water partition coefficient (Wildman–Crippen LogP) is 3.36. The summed E-state index contributed by atoms with van der Waals surface area (Å²) in [6.45, 7) is 10.8. The van der Waals surface area contributed by atoms with Crippen LogP contribution in [0.1, 0.15) is 33.3 Å². The standard InChI is InChI=1S/C15H25BrN2/c1-12(11-18-15(2,3)4)17-9-8-13-6-5-7-14(16)10-13/h5-7,10,12,17-18H,8-9,11H2,1-4H3. The molecule has 0 heterocycles. The number of benzene rings is 1. The SMILES string of the molecule is CC(CNC(C)(C)C)NCCc1cccc(Br)c1. The van der Waals surface area contributed by atoms with Crippen molar-refractivity contribution in [3.63, 3.8) is 0 Å². The molecular formula is C15H25BrN2. The Morgan fingerprint density at radius 1 is 1.28 bits per heavy atom. The van der Waals surface area contributed by atoms with E-state index < -0.39 is 0 Å². The molecule has 1 atom stereocenters. The Labute approximate surface area is 120 Å². The molecule has 2 N–H and O–H groups in total. The minimum atomic E-state index is 0.195. The third-order valence-corrected chi connectivity index (χ3v) is 3.23. The number of hydrogen-bond acceptors (Lipinski definition) is 2. The molecule has 2 nitrogen and oxygen atoms in total. The normalized spacial score (nSPS) is 13.6. The monoisotopic (exact) mass is 312 g/mol. The lowest BCUT2D eigenvalue weighted by molar-refractivity contribution is 0.389. The molecule has 0 bridgehead atoms. The minimum absolute atomic E-state index is 0.195. The summed E-state index contributed by atoms with van der Waals surface area (Å²) >= 11 is 3.50. The van der Waals surface area contributed by atoms with Crippen LogP contribution in [0.25, 0.3) is 0 Å². The molecule has 1 rings (SSSR count). The van der Waals surface area contributed by atoms with Crippen LogP contribution in [-0.4, -0.2) is 24.7 Å². The maximum Gasteiger partial charge on any atom is 0.0178 e. The number of hydrogen-bond donors (Lipinski definition) is 2. The molecule has 0 aliphatic heterocycles. The van der Waals surface area contributed by atoms with Gasteiger partial charge in [-0.2, -0.15) is 0 Å². The summed E-state index contributed by atoms with van der Waals surface area (Å²) in [7, 11) is 0. The highest BCUT2D eigenvalue weighted by Crippen LogP contribution is 2.11. The first-order chi connectivity index (χ1) is 8.37. The van der Waals surface area contributed by atoms with Gasteiger partial charge in [0.1, 0.15) is 0 Å². The van der Waals surface area contributed by atoms with E-state index in [1.807, 2.05) is 0 Å². The highest BCUT2D eigenvalue weighted by atomic mass is 79.9. The molecule has 102 valence electrons. The van der Waals surface area contributed by atoms with E-state index in [4.69, 9.17) is 0 Å². The molecular weight excluding hydrogens is 288 g/mol.